The lowest BCUT2D eigenvalue weighted by Gasteiger charge is -2.33. The van der Waals surface area contributed by atoms with Gasteiger partial charge in [0.15, 0.2) is 0 Å². The Morgan fingerprint density at radius 3 is 2.03 bits per heavy atom. The van der Waals surface area contributed by atoms with Crippen LogP contribution in [0.4, 0.5) is 5.69 Å². The number of hydrogen-bond donors (Lipinski definition) is 1. The van der Waals surface area contributed by atoms with Crippen molar-refractivity contribution in [1.82, 2.24) is 10.2 Å². The molecule has 38 heavy (non-hydrogen) atoms. The molecule has 0 aliphatic heterocycles. The lowest BCUT2D eigenvalue weighted by molar-refractivity contribution is -0.140. The van der Waals surface area contributed by atoms with Crippen LogP contribution in [0.5, 0.6) is 0 Å². The van der Waals surface area contributed by atoms with Crippen LogP contribution in [-0.2, 0) is 26.2 Å². The molecule has 3 aromatic carbocycles. The second-order valence-electron chi connectivity index (χ2n) is 10.5. The predicted molar refractivity (Wildman–Crippen MR) is 151 cm³/mol. The molecule has 1 N–H and O–H groups in total. The van der Waals surface area contributed by atoms with E-state index in [9.17, 15) is 18.0 Å². The molecule has 1 atom stereocenters. The normalized spacial score (nSPS) is 12.5. The number of nitrogens with one attached hydrogen (secondary N) is 1. The number of carbonyl (C=O) groups is 2. The summed E-state index contributed by atoms with van der Waals surface area (Å²) in [6.07, 6.45) is 0. The van der Waals surface area contributed by atoms with Crippen LogP contribution >= 0.6 is 0 Å². The number of sulfonamides is 1. The Hall–Kier alpha value is -3.65. The minimum Gasteiger partial charge on any atom is -0.350 e. The Kier molecular flexibility index (Phi) is 8.99. The molecule has 0 aliphatic carbocycles. The van der Waals surface area contributed by atoms with Crippen molar-refractivity contribution in [2.24, 2.45) is 0 Å². The number of hydrogen-bond acceptors (Lipinski definition) is 4. The summed E-state index contributed by atoms with van der Waals surface area (Å²) in [5.41, 5.74) is 2.69. The molecule has 0 spiro atoms. The van der Waals surface area contributed by atoms with Gasteiger partial charge in [0.05, 0.1) is 10.6 Å². The number of benzene rings is 3. The Morgan fingerprint density at radius 2 is 1.45 bits per heavy atom. The van der Waals surface area contributed by atoms with Crippen molar-refractivity contribution >= 4 is 27.5 Å². The number of anilines is 1. The third-order valence-electron chi connectivity index (χ3n) is 6.20. The Labute approximate surface area is 226 Å². The van der Waals surface area contributed by atoms with Gasteiger partial charge in [-0.2, -0.15) is 0 Å². The quantitative estimate of drug-likeness (QED) is 0.425. The molecule has 0 heterocycles. The standard InChI is InChI=1S/C30H37N3O4S/c1-22-16-18-26(19-17-22)33(38(36,37)27-14-8-7-9-15-27)21-28(34)32(20-25-13-11-10-12-23(25)2)24(3)29(35)31-30(4,5)6/h7-19,24H,20-21H2,1-6H3,(H,31,35). The molecular weight excluding hydrogens is 498 g/mol. The van der Waals surface area contributed by atoms with Gasteiger partial charge in [-0.3, -0.25) is 13.9 Å². The van der Waals surface area contributed by atoms with Crippen LogP contribution in [0.15, 0.2) is 83.8 Å². The highest BCUT2D eigenvalue weighted by molar-refractivity contribution is 7.92. The molecule has 0 bridgehead atoms. The molecule has 3 rings (SSSR count). The predicted octanol–water partition coefficient (Wildman–Crippen LogP) is 4.83. The summed E-state index contributed by atoms with van der Waals surface area (Å²) in [4.78, 5) is 28.6. The third-order valence-corrected chi connectivity index (χ3v) is 7.99. The van der Waals surface area contributed by atoms with Gasteiger partial charge < -0.3 is 10.2 Å². The van der Waals surface area contributed by atoms with Crippen molar-refractivity contribution in [2.75, 3.05) is 10.8 Å². The highest BCUT2D eigenvalue weighted by Crippen LogP contribution is 2.25. The molecule has 1 unspecified atom stereocenters. The molecule has 8 heteroatoms. The van der Waals surface area contributed by atoms with Crippen molar-refractivity contribution in [2.45, 2.75) is 64.6 Å². The summed E-state index contributed by atoms with van der Waals surface area (Å²) in [6, 6.07) is 21.8. The first-order chi connectivity index (χ1) is 17.8. The summed E-state index contributed by atoms with van der Waals surface area (Å²) in [5.74, 6) is -0.794. The summed E-state index contributed by atoms with van der Waals surface area (Å²) in [7, 11) is -4.07. The fourth-order valence-corrected chi connectivity index (χ4v) is 5.42. The molecule has 3 aromatic rings. The Balaban J connectivity index is 2.03. The molecular formula is C30H37N3O4S. The van der Waals surface area contributed by atoms with Crippen LogP contribution < -0.4 is 9.62 Å². The van der Waals surface area contributed by atoms with E-state index in [2.05, 4.69) is 5.32 Å². The van der Waals surface area contributed by atoms with E-state index in [1.807, 2.05) is 58.9 Å². The highest BCUT2D eigenvalue weighted by atomic mass is 32.2. The first kappa shape index (κ1) is 28.9. The van der Waals surface area contributed by atoms with Gasteiger partial charge in [-0.1, -0.05) is 60.2 Å². The average Bonchev–Trinajstić information content (AvgIpc) is 2.86. The van der Waals surface area contributed by atoms with Gasteiger partial charge in [-0.05, 0) is 76.9 Å². The van der Waals surface area contributed by atoms with E-state index in [-0.39, 0.29) is 17.3 Å². The van der Waals surface area contributed by atoms with E-state index in [0.29, 0.717) is 5.69 Å². The molecule has 0 radical (unpaired) electrons. The molecule has 0 aromatic heterocycles. The second-order valence-corrected chi connectivity index (χ2v) is 12.4. The van der Waals surface area contributed by atoms with E-state index < -0.39 is 34.1 Å². The molecule has 0 aliphatic rings. The number of amides is 2. The van der Waals surface area contributed by atoms with E-state index in [1.165, 1.54) is 17.0 Å². The van der Waals surface area contributed by atoms with Crippen molar-refractivity contribution in [3.05, 3.63) is 95.6 Å². The maximum atomic E-state index is 13.9. The number of rotatable bonds is 9. The van der Waals surface area contributed by atoms with Gasteiger partial charge in [-0.25, -0.2) is 8.42 Å². The van der Waals surface area contributed by atoms with Gasteiger partial charge in [0.2, 0.25) is 11.8 Å². The van der Waals surface area contributed by atoms with Crippen LogP contribution in [0.25, 0.3) is 0 Å². The minimum absolute atomic E-state index is 0.0809. The van der Waals surface area contributed by atoms with E-state index in [4.69, 9.17) is 0 Å². The topological polar surface area (TPSA) is 86.8 Å². The van der Waals surface area contributed by atoms with Crippen LogP contribution in [0.1, 0.15) is 44.4 Å². The van der Waals surface area contributed by atoms with Gasteiger partial charge in [0, 0.05) is 12.1 Å². The molecule has 0 fully saturated rings. The zero-order valence-electron chi connectivity index (χ0n) is 22.9. The SMILES string of the molecule is Cc1ccc(N(CC(=O)N(Cc2ccccc2C)C(C)C(=O)NC(C)(C)C)S(=O)(=O)c2ccccc2)cc1. The van der Waals surface area contributed by atoms with E-state index in [0.717, 1.165) is 21.0 Å². The smallest absolute Gasteiger partial charge is 0.264 e. The van der Waals surface area contributed by atoms with Gasteiger partial charge >= 0.3 is 0 Å². The largest absolute Gasteiger partial charge is 0.350 e. The summed E-state index contributed by atoms with van der Waals surface area (Å²) in [5, 5.41) is 2.94. The summed E-state index contributed by atoms with van der Waals surface area (Å²) >= 11 is 0. The maximum Gasteiger partial charge on any atom is 0.264 e. The van der Waals surface area contributed by atoms with Crippen molar-refractivity contribution in [3.63, 3.8) is 0 Å². The molecule has 0 saturated carbocycles. The molecule has 0 saturated heterocycles. The third kappa shape index (κ3) is 7.22. The van der Waals surface area contributed by atoms with Gasteiger partial charge in [-0.15, -0.1) is 0 Å². The minimum atomic E-state index is -4.07. The van der Waals surface area contributed by atoms with Crippen molar-refractivity contribution < 1.29 is 18.0 Å². The summed E-state index contributed by atoms with van der Waals surface area (Å²) in [6.45, 7) is 10.8. The van der Waals surface area contributed by atoms with Crippen LogP contribution in [0.2, 0.25) is 0 Å². The first-order valence-electron chi connectivity index (χ1n) is 12.6. The molecule has 202 valence electrons. The molecule has 2 amide bonds. The van der Waals surface area contributed by atoms with E-state index in [1.54, 1.807) is 49.4 Å². The zero-order valence-corrected chi connectivity index (χ0v) is 23.7. The number of aryl methyl sites for hydroxylation is 2. The lowest BCUT2D eigenvalue weighted by atomic mass is 10.1. The van der Waals surface area contributed by atoms with Gasteiger partial charge in [0.1, 0.15) is 12.6 Å². The maximum absolute atomic E-state index is 13.9. The van der Waals surface area contributed by atoms with Gasteiger partial charge in [0.25, 0.3) is 10.0 Å². The molecule has 7 nitrogen and oxygen atoms in total. The van der Waals surface area contributed by atoms with Crippen molar-refractivity contribution in [3.8, 4) is 0 Å². The fraction of sp³-hybridized carbons (Fsp3) is 0.333. The van der Waals surface area contributed by atoms with Crippen LogP contribution in [0.3, 0.4) is 0 Å². The number of nitrogens with zero attached hydrogens (tertiary/aromatic N) is 2. The highest BCUT2D eigenvalue weighted by Gasteiger charge is 2.33. The van der Waals surface area contributed by atoms with Crippen LogP contribution in [0, 0.1) is 13.8 Å². The van der Waals surface area contributed by atoms with E-state index >= 15 is 0 Å². The average molecular weight is 536 g/mol. The Morgan fingerprint density at radius 1 is 0.868 bits per heavy atom. The second kappa shape index (κ2) is 11.8. The lowest BCUT2D eigenvalue weighted by Crippen LogP contribution is -2.54. The first-order valence-corrected chi connectivity index (χ1v) is 14.0. The number of carbonyl (C=O) groups excluding carboxylic acids is 2. The zero-order chi connectivity index (χ0) is 28.1. The monoisotopic (exact) mass is 535 g/mol. The summed E-state index contributed by atoms with van der Waals surface area (Å²) < 4.78 is 28.6. The fourth-order valence-electron chi connectivity index (χ4n) is 3.99. The van der Waals surface area contributed by atoms with Crippen LogP contribution in [-0.4, -0.2) is 43.3 Å². The Bertz CT molecular complexity index is 1360. The van der Waals surface area contributed by atoms with Crippen molar-refractivity contribution in [1.29, 1.82) is 0 Å².